The van der Waals surface area contributed by atoms with Crippen LogP contribution in [0.2, 0.25) is 0 Å². The lowest BCUT2D eigenvalue weighted by Gasteiger charge is -2.34. The summed E-state index contributed by atoms with van der Waals surface area (Å²) in [6.45, 7) is 11.6. The van der Waals surface area contributed by atoms with Crippen LogP contribution in [0.3, 0.4) is 0 Å². The van der Waals surface area contributed by atoms with Crippen LogP contribution < -0.4 is 9.64 Å². The van der Waals surface area contributed by atoms with Crippen LogP contribution in [0.5, 0.6) is 5.88 Å². The Morgan fingerprint density at radius 2 is 1.79 bits per heavy atom. The number of amides is 1. The van der Waals surface area contributed by atoms with E-state index in [2.05, 4.69) is 9.88 Å². The number of benzene rings is 1. The molecule has 0 spiro atoms. The SMILES string of the molecule is COc1ncc(N2CCCC2)cc1CO[C@H]1[C@H](C(C)(C)C)[C@@H](C(=O)O)N(C(=O)OC(C)C)[C@H]1c1ccccc1. The summed E-state index contributed by atoms with van der Waals surface area (Å²) in [5.41, 5.74) is 2.07. The number of rotatable bonds is 8. The lowest BCUT2D eigenvalue weighted by atomic mass is 9.73. The van der Waals surface area contributed by atoms with Crippen molar-refractivity contribution in [1.82, 2.24) is 9.88 Å². The molecule has 1 aromatic heterocycles. The first-order chi connectivity index (χ1) is 18.5. The normalized spacial score (nSPS) is 23.4. The summed E-state index contributed by atoms with van der Waals surface area (Å²) in [4.78, 5) is 34.5. The quantitative estimate of drug-likeness (QED) is 0.483. The third-order valence-electron chi connectivity index (χ3n) is 7.55. The smallest absolute Gasteiger partial charge is 0.411 e. The maximum Gasteiger partial charge on any atom is 0.411 e. The van der Waals surface area contributed by atoms with Gasteiger partial charge < -0.3 is 24.2 Å². The minimum atomic E-state index is -1.14. The van der Waals surface area contributed by atoms with Gasteiger partial charge in [0.15, 0.2) is 0 Å². The van der Waals surface area contributed by atoms with Gasteiger partial charge in [-0.1, -0.05) is 51.1 Å². The molecule has 4 rings (SSSR count). The number of aromatic nitrogens is 1. The summed E-state index contributed by atoms with van der Waals surface area (Å²) in [5, 5.41) is 10.5. The second-order valence-corrected chi connectivity index (χ2v) is 11.7. The number of aliphatic carboxylic acids is 1. The van der Waals surface area contributed by atoms with Crippen LogP contribution in [0.25, 0.3) is 0 Å². The standard InChI is InChI=1S/C30H41N3O6/c1-19(2)39-29(36)33-24(20-12-8-7-9-13-20)26(23(30(3,4)5)25(33)28(34)35)38-18-21-16-22(17-31-27(21)37-6)32-14-10-11-15-32/h7-9,12-13,16-17,19,23-26H,10-11,14-15,18H2,1-6H3,(H,34,35)/t23-,24+,25+,26+/m1/s1. The minimum Gasteiger partial charge on any atom is -0.481 e. The fourth-order valence-corrected chi connectivity index (χ4v) is 5.91. The molecule has 3 heterocycles. The average Bonchev–Trinajstić information content (AvgIpc) is 3.54. The van der Waals surface area contributed by atoms with Gasteiger partial charge in [0.1, 0.15) is 6.04 Å². The summed E-state index contributed by atoms with van der Waals surface area (Å²) >= 11 is 0. The van der Waals surface area contributed by atoms with Crippen molar-refractivity contribution in [2.24, 2.45) is 11.3 Å². The van der Waals surface area contributed by atoms with Crippen LogP contribution in [0.4, 0.5) is 10.5 Å². The van der Waals surface area contributed by atoms with E-state index in [0.717, 1.165) is 42.7 Å². The lowest BCUT2D eigenvalue weighted by molar-refractivity contribution is -0.145. The molecule has 4 atom stereocenters. The van der Waals surface area contributed by atoms with Crippen molar-refractivity contribution in [3.8, 4) is 5.88 Å². The molecule has 2 aliphatic heterocycles. The number of anilines is 1. The van der Waals surface area contributed by atoms with Gasteiger partial charge in [-0.2, -0.15) is 0 Å². The molecule has 9 heteroatoms. The van der Waals surface area contributed by atoms with E-state index in [-0.39, 0.29) is 6.61 Å². The van der Waals surface area contributed by atoms with Crippen molar-refractivity contribution in [3.05, 3.63) is 53.7 Å². The maximum atomic E-state index is 13.5. The predicted octanol–water partition coefficient (Wildman–Crippen LogP) is 5.29. The number of carbonyl (C=O) groups is 2. The van der Waals surface area contributed by atoms with Crippen LogP contribution in [-0.4, -0.2) is 65.5 Å². The van der Waals surface area contributed by atoms with Gasteiger partial charge in [0.25, 0.3) is 0 Å². The van der Waals surface area contributed by atoms with E-state index in [1.54, 1.807) is 21.0 Å². The maximum absolute atomic E-state index is 13.5. The Hall–Kier alpha value is -3.33. The number of carbonyl (C=O) groups excluding carboxylic acids is 1. The van der Waals surface area contributed by atoms with Gasteiger partial charge in [-0.3, -0.25) is 4.90 Å². The van der Waals surface area contributed by atoms with E-state index >= 15 is 0 Å². The molecule has 212 valence electrons. The number of nitrogens with zero attached hydrogens (tertiary/aromatic N) is 3. The summed E-state index contributed by atoms with van der Waals surface area (Å²) in [6, 6.07) is 9.69. The number of hydrogen-bond acceptors (Lipinski definition) is 7. The van der Waals surface area contributed by atoms with Crippen LogP contribution in [0, 0.1) is 11.3 Å². The lowest BCUT2D eigenvalue weighted by Crippen LogP contribution is -2.47. The second-order valence-electron chi connectivity index (χ2n) is 11.7. The van der Waals surface area contributed by atoms with E-state index in [1.807, 2.05) is 63.4 Å². The number of pyridine rings is 1. The highest BCUT2D eigenvalue weighted by Crippen LogP contribution is 2.50. The molecule has 1 N–H and O–H groups in total. The Morgan fingerprint density at radius 3 is 2.36 bits per heavy atom. The van der Waals surface area contributed by atoms with Gasteiger partial charge in [-0.15, -0.1) is 0 Å². The number of hydrogen-bond donors (Lipinski definition) is 1. The summed E-state index contributed by atoms with van der Waals surface area (Å²) in [7, 11) is 1.58. The van der Waals surface area contributed by atoms with Crippen molar-refractivity contribution >= 4 is 17.7 Å². The van der Waals surface area contributed by atoms with Gasteiger partial charge in [-0.25, -0.2) is 14.6 Å². The average molecular weight is 540 g/mol. The van der Waals surface area contributed by atoms with Gasteiger partial charge in [0, 0.05) is 24.6 Å². The molecule has 0 radical (unpaired) electrons. The number of carboxylic acid groups (broad SMARTS) is 1. The Balaban J connectivity index is 1.77. The van der Waals surface area contributed by atoms with Gasteiger partial charge in [-0.05, 0) is 43.7 Å². The molecule has 0 aliphatic carbocycles. The minimum absolute atomic E-state index is 0.151. The summed E-state index contributed by atoms with van der Waals surface area (Å²) < 4.78 is 17.8. The van der Waals surface area contributed by atoms with Crippen molar-refractivity contribution in [3.63, 3.8) is 0 Å². The molecule has 0 saturated carbocycles. The van der Waals surface area contributed by atoms with E-state index in [1.165, 1.54) is 4.90 Å². The number of ether oxygens (including phenoxy) is 3. The van der Waals surface area contributed by atoms with Crippen molar-refractivity contribution in [1.29, 1.82) is 0 Å². The van der Waals surface area contributed by atoms with E-state index in [9.17, 15) is 14.7 Å². The van der Waals surface area contributed by atoms with E-state index in [4.69, 9.17) is 14.2 Å². The first kappa shape index (κ1) is 28.7. The predicted molar refractivity (Wildman–Crippen MR) is 148 cm³/mol. The number of likely N-dealkylation sites (tertiary alicyclic amines) is 1. The Morgan fingerprint density at radius 1 is 1.13 bits per heavy atom. The molecule has 1 amide bonds. The third kappa shape index (κ3) is 6.13. The van der Waals surface area contributed by atoms with Gasteiger partial charge >= 0.3 is 12.1 Å². The molecule has 0 unspecified atom stereocenters. The van der Waals surface area contributed by atoms with Crippen molar-refractivity contribution in [2.45, 2.75) is 78.4 Å². The van der Waals surface area contributed by atoms with Crippen LogP contribution in [0.1, 0.15) is 64.6 Å². The molecule has 2 saturated heterocycles. The molecule has 0 bridgehead atoms. The molecule has 2 aliphatic rings. The molecule has 9 nitrogen and oxygen atoms in total. The molecule has 1 aromatic carbocycles. The van der Waals surface area contributed by atoms with E-state index in [0.29, 0.717) is 5.88 Å². The van der Waals surface area contributed by atoms with E-state index < -0.39 is 47.7 Å². The van der Waals surface area contributed by atoms with Crippen molar-refractivity contribution < 1.29 is 28.9 Å². The molecular weight excluding hydrogens is 498 g/mol. The third-order valence-corrected chi connectivity index (χ3v) is 7.55. The van der Waals surface area contributed by atoms with Gasteiger partial charge in [0.2, 0.25) is 5.88 Å². The highest BCUT2D eigenvalue weighted by Gasteiger charge is 2.59. The van der Waals surface area contributed by atoms with Crippen LogP contribution >= 0.6 is 0 Å². The Kier molecular flexibility index (Phi) is 8.69. The van der Waals surface area contributed by atoms with Crippen LogP contribution in [0.15, 0.2) is 42.6 Å². The highest BCUT2D eigenvalue weighted by atomic mass is 16.6. The Bertz CT molecular complexity index is 1140. The largest absolute Gasteiger partial charge is 0.481 e. The zero-order valence-corrected chi connectivity index (χ0v) is 23.8. The first-order valence-electron chi connectivity index (χ1n) is 13.7. The molecule has 39 heavy (non-hydrogen) atoms. The number of methoxy groups -OCH3 is 1. The van der Waals surface area contributed by atoms with Crippen LogP contribution in [-0.2, 0) is 20.9 Å². The molecular formula is C30H41N3O6. The zero-order valence-electron chi connectivity index (χ0n) is 23.8. The Labute approximate surface area is 231 Å². The zero-order chi connectivity index (χ0) is 28.3. The molecule has 2 aromatic rings. The van der Waals surface area contributed by atoms with Gasteiger partial charge in [0.05, 0.1) is 43.9 Å². The fourth-order valence-electron chi connectivity index (χ4n) is 5.91. The monoisotopic (exact) mass is 539 g/mol. The first-order valence-corrected chi connectivity index (χ1v) is 13.7. The number of carboxylic acids is 1. The van der Waals surface area contributed by atoms with Crippen molar-refractivity contribution in [2.75, 3.05) is 25.1 Å². The fraction of sp³-hybridized carbons (Fsp3) is 0.567. The summed E-state index contributed by atoms with van der Waals surface area (Å²) in [6.07, 6.45) is 2.41. The summed E-state index contributed by atoms with van der Waals surface area (Å²) in [5.74, 6) is -1.15. The highest BCUT2D eigenvalue weighted by molar-refractivity contribution is 5.82. The second kappa shape index (κ2) is 11.8. The topological polar surface area (TPSA) is 101 Å². The molecule has 2 fully saturated rings.